The van der Waals surface area contributed by atoms with Crippen molar-refractivity contribution in [2.45, 2.75) is 31.5 Å². The zero-order chi connectivity index (χ0) is 15.4. The third-order valence-corrected chi connectivity index (χ3v) is 5.78. The lowest BCUT2D eigenvalue weighted by Crippen LogP contribution is -2.69. The largest absolute Gasteiger partial charge is 0.305 e. The van der Waals surface area contributed by atoms with E-state index in [9.17, 15) is 17.6 Å². The van der Waals surface area contributed by atoms with E-state index >= 15 is 0 Å². The molecule has 1 N–H and O–H groups in total. The van der Waals surface area contributed by atoms with Crippen molar-refractivity contribution in [1.29, 1.82) is 0 Å². The van der Waals surface area contributed by atoms with Crippen molar-refractivity contribution < 1.29 is 17.6 Å². The second kappa shape index (κ2) is 4.51. The molecule has 1 amide bonds. The standard InChI is InChI=1S/C14H17FN2O3S/c1-14(2)13(18)17(10-5-3-9(15)4-6-10)12-8-21(19,20)7-11(12)16-14/h3-6,11-12,16H,7-8H2,1-2H3/t11-,12+/m1/s1. The number of piperazine rings is 1. The molecule has 2 saturated heterocycles. The normalized spacial score (nSPS) is 30.2. The van der Waals surface area contributed by atoms with E-state index in [0.717, 1.165) is 0 Å². The van der Waals surface area contributed by atoms with Crippen molar-refractivity contribution in [3.8, 4) is 0 Å². The number of nitrogens with zero attached hydrogens (tertiary/aromatic N) is 1. The van der Waals surface area contributed by atoms with Gasteiger partial charge >= 0.3 is 0 Å². The molecule has 0 aliphatic carbocycles. The number of halogens is 1. The maximum atomic E-state index is 13.1. The highest BCUT2D eigenvalue weighted by Crippen LogP contribution is 2.32. The average Bonchev–Trinajstić information content (AvgIpc) is 2.65. The molecule has 21 heavy (non-hydrogen) atoms. The average molecular weight is 312 g/mol. The number of benzene rings is 1. The van der Waals surface area contributed by atoms with Crippen molar-refractivity contribution in [2.75, 3.05) is 16.4 Å². The van der Waals surface area contributed by atoms with E-state index < -0.39 is 27.2 Å². The minimum Gasteiger partial charge on any atom is -0.305 e. The molecule has 2 atom stereocenters. The van der Waals surface area contributed by atoms with Gasteiger partial charge in [-0.25, -0.2) is 12.8 Å². The van der Waals surface area contributed by atoms with Crippen LogP contribution < -0.4 is 10.2 Å². The molecule has 0 saturated carbocycles. The second-order valence-corrected chi connectivity index (χ2v) is 8.33. The molecule has 0 unspecified atom stereocenters. The Morgan fingerprint density at radius 3 is 2.48 bits per heavy atom. The molecule has 0 spiro atoms. The summed E-state index contributed by atoms with van der Waals surface area (Å²) in [6.45, 7) is 3.46. The fourth-order valence-corrected chi connectivity index (χ4v) is 5.00. The number of fused-ring (bicyclic) bond motifs is 1. The Morgan fingerprint density at radius 1 is 1.24 bits per heavy atom. The molecule has 5 nitrogen and oxygen atoms in total. The van der Waals surface area contributed by atoms with Crippen LogP contribution >= 0.6 is 0 Å². The predicted molar refractivity (Wildman–Crippen MR) is 77.3 cm³/mol. The highest BCUT2D eigenvalue weighted by molar-refractivity contribution is 7.91. The summed E-state index contributed by atoms with van der Waals surface area (Å²) in [6, 6.07) is 4.83. The fraction of sp³-hybridized carbons (Fsp3) is 0.500. The lowest BCUT2D eigenvalue weighted by atomic mass is 9.93. The van der Waals surface area contributed by atoms with Crippen LogP contribution in [-0.4, -0.2) is 43.5 Å². The third-order valence-electron chi connectivity index (χ3n) is 4.06. The fourth-order valence-electron chi connectivity index (χ4n) is 3.11. The number of anilines is 1. The van der Waals surface area contributed by atoms with Gasteiger partial charge in [0.25, 0.3) is 0 Å². The Labute approximate surface area is 123 Å². The van der Waals surface area contributed by atoms with Gasteiger partial charge in [-0.1, -0.05) is 0 Å². The molecular weight excluding hydrogens is 295 g/mol. The summed E-state index contributed by atoms with van der Waals surface area (Å²) in [5.74, 6) is -0.640. The molecule has 2 fully saturated rings. The number of hydrogen-bond donors (Lipinski definition) is 1. The first-order chi connectivity index (χ1) is 9.70. The van der Waals surface area contributed by atoms with Gasteiger partial charge in [0.15, 0.2) is 9.84 Å². The molecule has 0 radical (unpaired) electrons. The Balaban J connectivity index is 2.06. The molecule has 1 aromatic carbocycles. The summed E-state index contributed by atoms with van der Waals surface area (Å²) in [6.07, 6.45) is 0. The number of hydrogen-bond acceptors (Lipinski definition) is 4. The van der Waals surface area contributed by atoms with Crippen molar-refractivity contribution in [3.05, 3.63) is 30.1 Å². The highest BCUT2D eigenvalue weighted by atomic mass is 32.2. The van der Waals surface area contributed by atoms with Gasteiger partial charge in [0.05, 0.1) is 23.1 Å². The summed E-state index contributed by atoms with van der Waals surface area (Å²) < 4.78 is 36.9. The Morgan fingerprint density at radius 2 is 1.86 bits per heavy atom. The molecule has 7 heteroatoms. The lowest BCUT2D eigenvalue weighted by molar-refractivity contribution is -0.126. The number of amides is 1. The van der Waals surface area contributed by atoms with E-state index in [2.05, 4.69) is 5.32 Å². The minimum absolute atomic E-state index is 0.0199. The van der Waals surface area contributed by atoms with Crippen LogP contribution in [0.25, 0.3) is 0 Å². The molecule has 0 bridgehead atoms. The predicted octanol–water partition coefficient (Wildman–Crippen LogP) is 0.706. The molecule has 0 aromatic heterocycles. The van der Waals surface area contributed by atoms with Crippen molar-refractivity contribution in [3.63, 3.8) is 0 Å². The second-order valence-electron chi connectivity index (χ2n) is 6.17. The van der Waals surface area contributed by atoms with Gasteiger partial charge in [-0.05, 0) is 38.1 Å². The van der Waals surface area contributed by atoms with Gasteiger partial charge in [-0.3, -0.25) is 10.1 Å². The van der Waals surface area contributed by atoms with Crippen LogP contribution in [0.15, 0.2) is 24.3 Å². The maximum Gasteiger partial charge on any atom is 0.247 e. The Hall–Kier alpha value is -1.47. The first-order valence-electron chi connectivity index (χ1n) is 6.77. The van der Waals surface area contributed by atoms with E-state index in [0.29, 0.717) is 5.69 Å². The summed E-state index contributed by atoms with van der Waals surface area (Å²) >= 11 is 0. The number of nitrogens with one attached hydrogen (secondary N) is 1. The van der Waals surface area contributed by atoms with Crippen LogP contribution in [0.2, 0.25) is 0 Å². The van der Waals surface area contributed by atoms with E-state index in [1.165, 1.54) is 29.2 Å². The Bertz CT molecular complexity index is 685. The van der Waals surface area contributed by atoms with Crippen LogP contribution in [-0.2, 0) is 14.6 Å². The number of carbonyl (C=O) groups excluding carboxylic acids is 1. The van der Waals surface area contributed by atoms with Gasteiger partial charge in [-0.15, -0.1) is 0 Å². The molecular formula is C14H17FN2O3S. The van der Waals surface area contributed by atoms with Gasteiger partial charge in [0, 0.05) is 11.7 Å². The van der Waals surface area contributed by atoms with Gasteiger partial charge in [-0.2, -0.15) is 0 Å². The van der Waals surface area contributed by atoms with Crippen LogP contribution in [0, 0.1) is 5.82 Å². The molecule has 1 aromatic rings. The van der Waals surface area contributed by atoms with E-state index in [1.807, 2.05) is 0 Å². The Kier molecular flexibility index (Phi) is 3.11. The SMILES string of the molecule is CC1(C)N[C@@H]2CS(=O)(=O)C[C@@H]2N(c2ccc(F)cc2)C1=O. The molecule has 2 aliphatic heterocycles. The first kappa shape index (κ1) is 14.5. The lowest BCUT2D eigenvalue weighted by Gasteiger charge is -2.45. The molecule has 2 heterocycles. The van der Waals surface area contributed by atoms with Crippen LogP contribution in [0.3, 0.4) is 0 Å². The van der Waals surface area contributed by atoms with E-state index in [4.69, 9.17) is 0 Å². The summed E-state index contributed by atoms with van der Waals surface area (Å²) in [5, 5.41) is 3.13. The van der Waals surface area contributed by atoms with Gasteiger partial charge in [0.2, 0.25) is 5.91 Å². The zero-order valence-electron chi connectivity index (χ0n) is 11.8. The van der Waals surface area contributed by atoms with Crippen LogP contribution in [0.5, 0.6) is 0 Å². The smallest absolute Gasteiger partial charge is 0.247 e. The topological polar surface area (TPSA) is 66.5 Å². The number of carbonyl (C=O) groups is 1. The number of sulfone groups is 1. The minimum atomic E-state index is -3.18. The summed E-state index contributed by atoms with van der Waals surface area (Å²) in [7, 11) is -3.18. The monoisotopic (exact) mass is 312 g/mol. The van der Waals surface area contributed by atoms with Crippen molar-refractivity contribution >= 4 is 21.4 Å². The quantitative estimate of drug-likeness (QED) is 0.829. The van der Waals surface area contributed by atoms with E-state index in [-0.39, 0.29) is 23.5 Å². The zero-order valence-corrected chi connectivity index (χ0v) is 12.7. The summed E-state index contributed by atoms with van der Waals surface area (Å²) in [5.41, 5.74) is -0.321. The first-order valence-corrected chi connectivity index (χ1v) is 8.59. The highest BCUT2D eigenvalue weighted by Gasteiger charge is 2.52. The van der Waals surface area contributed by atoms with Crippen molar-refractivity contribution in [1.82, 2.24) is 5.32 Å². The molecule has 3 rings (SSSR count). The van der Waals surface area contributed by atoms with Crippen LogP contribution in [0.1, 0.15) is 13.8 Å². The maximum absolute atomic E-state index is 13.1. The number of rotatable bonds is 1. The van der Waals surface area contributed by atoms with Crippen LogP contribution in [0.4, 0.5) is 10.1 Å². The molecule has 2 aliphatic rings. The third kappa shape index (κ3) is 2.44. The summed E-state index contributed by atoms with van der Waals surface area (Å²) in [4.78, 5) is 14.2. The van der Waals surface area contributed by atoms with E-state index in [1.54, 1.807) is 13.8 Å². The van der Waals surface area contributed by atoms with Gasteiger partial charge in [0.1, 0.15) is 5.82 Å². The van der Waals surface area contributed by atoms with Crippen molar-refractivity contribution in [2.24, 2.45) is 0 Å². The molecule has 114 valence electrons. The van der Waals surface area contributed by atoms with Gasteiger partial charge < -0.3 is 4.90 Å².